The van der Waals surface area contributed by atoms with Crippen molar-refractivity contribution in [1.82, 2.24) is 4.90 Å². The van der Waals surface area contributed by atoms with Gasteiger partial charge in [0.05, 0.1) is 11.4 Å². The first-order chi connectivity index (χ1) is 17.7. The molecule has 7 nitrogen and oxygen atoms in total. The molecule has 1 spiro atoms. The Hall–Kier alpha value is -4.26. The molecule has 3 aromatic carbocycles. The Kier molecular flexibility index (Phi) is 6.15. The fraction of sp³-hybridized carbons (Fsp3) is 0.267. The number of aliphatic imine (C=N–C) groups is 1. The molecular formula is C30H28N2O5. The van der Waals surface area contributed by atoms with E-state index in [1.165, 1.54) is 0 Å². The summed E-state index contributed by atoms with van der Waals surface area (Å²) in [6.07, 6.45) is 0.0281. The zero-order valence-electron chi connectivity index (χ0n) is 21.1. The molecule has 7 heteroatoms. The second-order valence-corrected chi connectivity index (χ2v) is 10.2. The van der Waals surface area contributed by atoms with Crippen molar-refractivity contribution in [2.45, 2.75) is 44.8 Å². The number of benzene rings is 3. The summed E-state index contributed by atoms with van der Waals surface area (Å²) < 4.78 is 10.9. The smallest absolute Gasteiger partial charge is 0.418 e. The molecule has 2 aliphatic rings. The summed E-state index contributed by atoms with van der Waals surface area (Å²) in [7, 11) is 0. The molecule has 0 saturated carbocycles. The molecule has 1 saturated heterocycles. The number of fused-ring (bicyclic) bond motifs is 2. The van der Waals surface area contributed by atoms with Crippen molar-refractivity contribution in [2.24, 2.45) is 4.99 Å². The van der Waals surface area contributed by atoms with Crippen LogP contribution in [0, 0.1) is 0 Å². The van der Waals surface area contributed by atoms with Gasteiger partial charge in [0.2, 0.25) is 5.60 Å². The van der Waals surface area contributed by atoms with Crippen molar-refractivity contribution < 1.29 is 23.9 Å². The number of carbonyl (C=O) groups is 3. The van der Waals surface area contributed by atoms with E-state index in [9.17, 15) is 14.4 Å². The lowest BCUT2D eigenvalue weighted by Crippen LogP contribution is -2.41. The van der Waals surface area contributed by atoms with Gasteiger partial charge in [-0.2, -0.15) is 0 Å². The van der Waals surface area contributed by atoms with E-state index in [1.54, 1.807) is 26.8 Å². The number of amides is 2. The van der Waals surface area contributed by atoms with Gasteiger partial charge < -0.3 is 9.47 Å². The Bertz CT molecular complexity index is 1350. The average molecular weight is 497 g/mol. The standard InChI is InChI=1S/C30H28N2O5/c1-29(2,3)36-25(33)19-32-27(34)30(37-28(32)35)17-16-22-18-23(14-15-24(22)30)31-26(20-10-6-4-7-11-20)21-12-8-5-9-13-21/h4-15,18H,16-17,19H2,1-3H3. The molecule has 0 aromatic heterocycles. The topological polar surface area (TPSA) is 85.3 Å². The summed E-state index contributed by atoms with van der Waals surface area (Å²) in [6, 6.07) is 25.5. The van der Waals surface area contributed by atoms with E-state index in [2.05, 4.69) is 0 Å². The van der Waals surface area contributed by atoms with Crippen LogP contribution in [-0.2, 0) is 31.1 Å². The van der Waals surface area contributed by atoms with Crippen molar-refractivity contribution in [1.29, 1.82) is 0 Å². The van der Waals surface area contributed by atoms with E-state index >= 15 is 0 Å². The van der Waals surface area contributed by atoms with Crippen molar-refractivity contribution >= 4 is 29.4 Å². The van der Waals surface area contributed by atoms with E-state index in [1.807, 2.05) is 72.8 Å². The van der Waals surface area contributed by atoms with Crippen molar-refractivity contribution in [3.05, 3.63) is 101 Å². The third-order valence-corrected chi connectivity index (χ3v) is 6.39. The van der Waals surface area contributed by atoms with E-state index < -0.39 is 35.7 Å². The Balaban J connectivity index is 1.45. The number of rotatable bonds is 5. The van der Waals surface area contributed by atoms with Crippen LogP contribution in [0.4, 0.5) is 10.5 Å². The number of ether oxygens (including phenoxy) is 2. The number of esters is 1. The number of carbonyl (C=O) groups excluding carboxylic acids is 3. The zero-order valence-corrected chi connectivity index (χ0v) is 21.1. The molecule has 1 aliphatic carbocycles. The fourth-order valence-electron chi connectivity index (χ4n) is 4.83. The highest BCUT2D eigenvalue weighted by Gasteiger charge is 2.58. The van der Waals surface area contributed by atoms with E-state index in [0.29, 0.717) is 18.4 Å². The molecule has 0 bridgehead atoms. The normalized spacial score (nSPS) is 18.5. The lowest BCUT2D eigenvalue weighted by Gasteiger charge is -2.22. The predicted molar refractivity (Wildman–Crippen MR) is 139 cm³/mol. The molecule has 0 N–H and O–H groups in total. The minimum Gasteiger partial charge on any atom is -0.459 e. The molecule has 1 unspecified atom stereocenters. The average Bonchev–Trinajstić information content (AvgIpc) is 3.34. The van der Waals surface area contributed by atoms with Gasteiger partial charge in [-0.15, -0.1) is 0 Å². The van der Waals surface area contributed by atoms with Gasteiger partial charge in [0.1, 0.15) is 12.1 Å². The van der Waals surface area contributed by atoms with Gasteiger partial charge in [-0.1, -0.05) is 66.7 Å². The molecule has 5 rings (SSSR count). The number of aryl methyl sites for hydroxylation is 1. The first-order valence-electron chi connectivity index (χ1n) is 12.3. The summed E-state index contributed by atoms with van der Waals surface area (Å²) in [5.41, 5.74) is 2.93. The number of hydrogen-bond acceptors (Lipinski definition) is 6. The number of hydrogen-bond donors (Lipinski definition) is 0. The monoisotopic (exact) mass is 496 g/mol. The lowest BCUT2D eigenvalue weighted by molar-refractivity contribution is -0.157. The maximum Gasteiger partial charge on any atom is 0.418 e. The molecule has 1 atom stereocenters. The third-order valence-electron chi connectivity index (χ3n) is 6.39. The highest BCUT2D eigenvalue weighted by Crippen LogP contribution is 2.46. The van der Waals surface area contributed by atoms with Crippen molar-refractivity contribution in [2.75, 3.05) is 6.54 Å². The van der Waals surface area contributed by atoms with Crippen molar-refractivity contribution in [3.63, 3.8) is 0 Å². The second-order valence-electron chi connectivity index (χ2n) is 10.2. The van der Waals surface area contributed by atoms with Crippen LogP contribution < -0.4 is 0 Å². The van der Waals surface area contributed by atoms with Crippen LogP contribution in [0.2, 0.25) is 0 Å². The predicted octanol–water partition coefficient (Wildman–Crippen LogP) is 5.32. The van der Waals surface area contributed by atoms with Crippen LogP contribution in [0.25, 0.3) is 0 Å². The Morgan fingerprint density at radius 3 is 2.19 bits per heavy atom. The molecule has 1 heterocycles. The summed E-state index contributed by atoms with van der Waals surface area (Å²) in [5, 5.41) is 0. The summed E-state index contributed by atoms with van der Waals surface area (Å²) in [6.45, 7) is 4.70. The zero-order chi connectivity index (χ0) is 26.2. The Morgan fingerprint density at radius 1 is 0.973 bits per heavy atom. The first kappa shape index (κ1) is 24.4. The van der Waals surface area contributed by atoms with Crippen LogP contribution in [0.1, 0.15) is 49.4 Å². The quantitative estimate of drug-likeness (QED) is 0.353. The van der Waals surface area contributed by atoms with Crippen LogP contribution >= 0.6 is 0 Å². The lowest BCUT2D eigenvalue weighted by atomic mass is 9.94. The second kappa shape index (κ2) is 9.32. The Labute approximate surface area is 215 Å². The molecule has 1 fully saturated rings. The van der Waals surface area contributed by atoms with Crippen LogP contribution in [-0.4, -0.2) is 40.7 Å². The third kappa shape index (κ3) is 4.77. The van der Waals surface area contributed by atoms with Crippen molar-refractivity contribution in [3.8, 4) is 0 Å². The number of nitrogens with zero attached hydrogens (tertiary/aromatic N) is 2. The Morgan fingerprint density at radius 2 is 1.59 bits per heavy atom. The first-order valence-corrected chi connectivity index (χ1v) is 12.3. The maximum absolute atomic E-state index is 13.4. The SMILES string of the molecule is CC(C)(C)OC(=O)CN1C(=O)OC2(CCc3cc(N=C(c4ccccc4)c4ccccc4)ccc32)C1=O. The molecule has 0 radical (unpaired) electrons. The molecule has 37 heavy (non-hydrogen) atoms. The minimum atomic E-state index is -1.42. The van der Waals surface area contributed by atoms with Gasteiger partial charge in [0, 0.05) is 23.1 Å². The van der Waals surface area contributed by atoms with Crippen LogP contribution in [0.3, 0.4) is 0 Å². The van der Waals surface area contributed by atoms with Crippen LogP contribution in [0.15, 0.2) is 83.9 Å². The molecule has 1 aliphatic heterocycles. The van der Waals surface area contributed by atoms with E-state index in [4.69, 9.17) is 14.5 Å². The van der Waals surface area contributed by atoms with Gasteiger partial charge in [0.15, 0.2) is 0 Å². The van der Waals surface area contributed by atoms with Gasteiger partial charge in [-0.25, -0.2) is 14.7 Å². The van der Waals surface area contributed by atoms with Crippen LogP contribution in [0.5, 0.6) is 0 Å². The van der Waals surface area contributed by atoms with Gasteiger partial charge in [-0.05, 0) is 44.9 Å². The summed E-state index contributed by atoms with van der Waals surface area (Å²) >= 11 is 0. The van der Waals surface area contributed by atoms with E-state index in [0.717, 1.165) is 33.0 Å². The minimum absolute atomic E-state index is 0.315. The van der Waals surface area contributed by atoms with Gasteiger partial charge >= 0.3 is 12.1 Å². The molecule has 3 aromatic rings. The maximum atomic E-state index is 13.4. The highest BCUT2D eigenvalue weighted by atomic mass is 16.6. The number of imide groups is 1. The van der Waals surface area contributed by atoms with Gasteiger partial charge in [0.25, 0.3) is 5.91 Å². The largest absolute Gasteiger partial charge is 0.459 e. The molecular weight excluding hydrogens is 468 g/mol. The molecule has 2 amide bonds. The molecule has 188 valence electrons. The summed E-state index contributed by atoms with van der Waals surface area (Å²) in [4.78, 5) is 44.1. The fourth-order valence-corrected chi connectivity index (χ4v) is 4.83. The highest BCUT2D eigenvalue weighted by molar-refractivity contribution is 6.14. The van der Waals surface area contributed by atoms with E-state index in [-0.39, 0.29) is 0 Å². The summed E-state index contributed by atoms with van der Waals surface area (Å²) in [5.74, 6) is -1.19. The van der Waals surface area contributed by atoms with Gasteiger partial charge in [-0.3, -0.25) is 9.59 Å².